The summed E-state index contributed by atoms with van der Waals surface area (Å²) >= 11 is 1.26. The van der Waals surface area contributed by atoms with E-state index in [9.17, 15) is 25.2 Å². The van der Waals surface area contributed by atoms with Gasteiger partial charge in [-0.15, -0.1) is 11.8 Å². The number of hydrogen-bond donors (Lipinski definition) is 5. The minimum Gasteiger partial charge on any atom is -0.395 e. The number of rotatable bonds is 8. The van der Waals surface area contributed by atoms with Crippen molar-refractivity contribution in [2.75, 3.05) is 26.0 Å². The highest BCUT2D eigenvalue weighted by atomic mass is 32.2. The molecule has 0 aromatic heterocycles. The van der Waals surface area contributed by atoms with Crippen molar-refractivity contribution in [1.82, 2.24) is 10.2 Å². The largest absolute Gasteiger partial charge is 0.395 e. The average molecular weight is 435 g/mol. The van der Waals surface area contributed by atoms with Crippen LogP contribution in [0.5, 0.6) is 0 Å². The number of carbonyl (C=O) groups excluding carboxylic acids is 1. The van der Waals surface area contributed by atoms with Crippen LogP contribution in [0.15, 0.2) is 0 Å². The molecule has 0 bridgehead atoms. The molecule has 9 heteroatoms. The van der Waals surface area contributed by atoms with Gasteiger partial charge in [0, 0.05) is 6.54 Å². The minimum absolute atomic E-state index is 0.00187. The van der Waals surface area contributed by atoms with Gasteiger partial charge in [-0.05, 0) is 37.5 Å². The molecule has 0 aromatic rings. The number of aliphatic hydroxyl groups excluding tert-OH is 4. The molecule has 8 nitrogen and oxygen atoms in total. The maximum Gasteiger partial charge on any atom is 0.237 e. The van der Waals surface area contributed by atoms with Crippen molar-refractivity contribution in [3.63, 3.8) is 0 Å². The third-order valence-corrected chi connectivity index (χ3v) is 7.16. The van der Waals surface area contributed by atoms with E-state index in [-0.39, 0.29) is 24.5 Å². The van der Waals surface area contributed by atoms with Crippen molar-refractivity contribution in [3.05, 3.63) is 0 Å². The number of nitrogens with one attached hydrogen (secondary N) is 1. The van der Waals surface area contributed by atoms with Crippen LogP contribution >= 0.6 is 11.8 Å². The van der Waals surface area contributed by atoms with Crippen LogP contribution in [-0.2, 0) is 9.53 Å². The maximum absolute atomic E-state index is 13.2. The van der Waals surface area contributed by atoms with E-state index in [4.69, 9.17) is 4.74 Å². The number of thioether (sulfide) groups is 1. The summed E-state index contributed by atoms with van der Waals surface area (Å²) in [7, 11) is 0. The van der Waals surface area contributed by atoms with Crippen LogP contribution in [0.4, 0.5) is 0 Å². The van der Waals surface area contributed by atoms with Gasteiger partial charge in [0.1, 0.15) is 29.9 Å². The number of aliphatic hydroxyl groups is 4. The number of carbonyl (C=O) groups is 1. The van der Waals surface area contributed by atoms with Crippen molar-refractivity contribution >= 4 is 17.7 Å². The maximum atomic E-state index is 13.2. The molecule has 170 valence electrons. The predicted molar refractivity (Wildman–Crippen MR) is 112 cm³/mol. The lowest BCUT2D eigenvalue weighted by Gasteiger charge is -2.45. The van der Waals surface area contributed by atoms with Crippen molar-refractivity contribution < 1.29 is 30.0 Å². The summed E-state index contributed by atoms with van der Waals surface area (Å²) in [5.74, 6) is 0.264. The van der Waals surface area contributed by atoms with Crippen LogP contribution in [0.2, 0.25) is 0 Å². The molecule has 0 radical (unpaired) electrons. The van der Waals surface area contributed by atoms with Gasteiger partial charge in [0.2, 0.25) is 5.91 Å². The molecule has 0 aromatic carbocycles. The second-order valence-corrected chi connectivity index (χ2v) is 9.47. The first kappa shape index (κ1) is 24.8. The zero-order valence-corrected chi connectivity index (χ0v) is 18.7. The molecule has 2 aliphatic rings. The molecule has 2 heterocycles. The highest BCUT2D eigenvalue weighted by molar-refractivity contribution is 7.99. The molecule has 0 unspecified atom stereocenters. The monoisotopic (exact) mass is 434 g/mol. The van der Waals surface area contributed by atoms with E-state index in [0.29, 0.717) is 12.5 Å². The Morgan fingerprint density at radius 1 is 1.24 bits per heavy atom. The Hall–Kier alpha value is -0.420. The molecule has 2 fully saturated rings. The van der Waals surface area contributed by atoms with E-state index in [1.54, 1.807) is 6.26 Å². The lowest BCUT2D eigenvalue weighted by molar-refractivity contribution is -0.208. The van der Waals surface area contributed by atoms with Crippen LogP contribution in [0.1, 0.15) is 40.0 Å². The van der Waals surface area contributed by atoms with Crippen LogP contribution in [-0.4, -0.2) is 99.1 Å². The Kier molecular flexibility index (Phi) is 9.66. The summed E-state index contributed by atoms with van der Waals surface area (Å²) in [6.07, 6.45) is -0.144. The lowest BCUT2D eigenvalue weighted by atomic mass is 9.86. The van der Waals surface area contributed by atoms with Crippen LogP contribution in [0.25, 0.3) is 0 Å². The number of piperidine rings is 1. The summed E-state index contributed by atoms with van der Waals surface area (Å²) in [5, 5.41) is 43.3. The Morgan fingerprint density at radius 2 is 1.93 bits per heavy atom. The fourth-order valence-corrected chi connectivity index (χ4v) is 5.06. The van der Waals surface area contributed by atoms with Crippen LogP contribution in [0, 0.1) is 11.8 Å². The van der Waals surface area contributed by atoms with Crippen LogP contribution < -0.4 is 5.32 Å². The smallest absolute Gasteiger partial charge is 0.237 e. The average Bonchev–Trinajstić information content (AvgIpc) is 2.71. The zero-order chi connectivity index (χ0) is 21.7. The summed E-state index contributed by atoms with van der Waals surface area (Å²) in [6.45, 7) is 7.19. The van der Waals surface area contributed by atoms with E-state index in [1.807, 2.05) is 18.7 Å². The van der Waals surface area contributed by atoms with E-state index >= 15 is 0 Å². The molecule has 29 heavy (non-hydrogen) atoms. The number of β-amino-alcohol motifs (C(OH)–C–C–N with tert-alkyl or cyclic N) is 1. The summed E-state index contributed by atoms with van der Waals surface area (Å²) < 4.78 is 5.89. The predicted octanol–water partition coefficient (Wildman–Crippen LogP) is -0.219. The summed E-state index contributed by atoms with van der Waals surface area (Å²) in [6, 6.07) is -0.859. The molecule has 2 saturated heterocycles. The third kappa shape index (κ3) is 5.84. The third-order valence-electron chi connectivity index (χ3n) is 6.31. The molecular weight excluding hydrogens is 396 g/mol. The Labute approximate surface area is 178 Å². The van der Waals surface area contributed by atoms with Crippen molar-refractivity contribution in [1.29, 1.82) is 0 Å². The van der Waals surface area contributed by atoms with Crippen LogP contribution in [0.3, 0.4) is 0 Å². The van der Waals surface area contributed by atoms with E-state index in [1.165, 1.54) is 11.8 Å². The molecule has 0 spiro atoms. The second kappa shape index (κ2) is 11.3. The fraction of sp³-hybridized carbons (Fsp3) is 0.950. The molecule has 1 amide bonds. The highest BCUT2D eigenvalue weighted by Crippen LogP contribution is 2.31. The van der Waals surface area contributed by atoms with Crippen molar-refractivity contribution in [2.24, 2.45) is 11.8 Å². The molecule has 0 aliphatic carbocycles. The first-order valence-electron chi connectivity index (χ1n) is 10.6. The molecule has 2 rings (SSSR count). The first-order chi connectivity index (χ1) is 13.7. The number of amides is 1. The summed E-state index contributed by atoms with van der Waals surface area (Å²) in [4.78, 5) is 15.2. The number of hydrogen-bond acceptors (Lipinski definition) is 8. The molecular formula is C20H38N2O6S. The first-order valence-corrected chi connectivity index (χ1v) is 11.9. The Balaban J connectivity index is 2.16. The van der Waals surface area contributed by atoms with Gasteiger partial charge in [-0.3, -0.25) is 9.69 Å². The topological polar surface area (TPSA) is 122 Å². The fourth-order valence-electron chi connectivity index (χ4n) is 4.38. The number of likely N-dealkylation sites (tertiary alicyclic amines) is 1. The van der Waals surface area contributed by atoms with Crippen molar-refractivity contribution in [3.8, 4) is 0 Å². The molecule has 2 aliphatic heterocycles. The molecule has 5 N–H and O–H groups in total. The normalized spacial score (nSPS) is 37.5. The zero-order valence-electron chi connectivity index (χ0n) is 17.9. The van der Waals surface area contributed by atoms with Gasteiger partial charge in [0.15, 0.2) is 0 Å². The summed E-state index contributed by atoms with van der Waals surface area (Å²) in [5.41, 5.74) is -0.679. The second-order valence-electron chi connectivity index (χ2n) is 8.53. The van der Waals surface area contributed by atoms with Gasteiger partial charge in [0.05, 0.1) is 18.7 Å². The van der Waals surface area contributed by atoms with E-state index < -0.39 is 35.9 Å². The van der Waals surface area contributed by atoms with Gasteiger partial charge in [-0.1, -0.05) is 27.2 Å². The number of ether oxygens (including phenoxy) is 1. The van der Waals surface area contributed by atoms with Gasteiger partial charge in [0.25, 0.3) is 0 Å². The highest BCUT2D eigenvalue weighted by Gasteiger charge is 2.48. The van der Waals surface area contributed by atoms with Gasteiger partial charge in [-0.2, -0.15) is 0 Å². The Morgan fingerprint density at radius 3 is 2.48 bits per heavy atom. The quantitative estimate of drug-likeness (QED) is 0.355. The van der Waals surface area contributed by atoms with Gasteiger partial charge < -0.3 is 30.5 Å². The van der Waals surface area contributed by atoms with Gasteiger partial charge in [-0.25, -0.2) is 0 Å². The standard InChI is InChI=1S/C20H38N2O6S/c1-5-12-6-7-22(8-9-23)13(10-12)19(27)21-14(11(2)3)18-16(25)15(24)17(26)20(28-18)29-4/h11-18,20,23-26H,5-10H2,1-4H3,(H,21,27)/t12-,13+,14-,15+,16-,17-,18-,20-/m1/s1. The Bertz CT molecular complexity index is 523. The molecule has 0 saturated carbocycles. The minimum atomic E-state index is -1.34. The lowest BCUT2D eigenvalue weighted by Crippen LogP contribution is -2.65. The molecule has 8 atom stereocenters. The van der Waals surface area contributed by atoms with Crippen molar-refractivity contribution in [2.45, 2.75) is 82.0 Å². The van der Waals surface area contributed by atoms with Gasteiger partial charge >= 0.3 is 0 Å². The SMILES string of the molecule is CC[C@@H]1CCN(CCO)[C@H](C(=O)N[C@H](C(C)C)[C@H]2O[C@H](SC)[C@H](O)[C@@H](O)[C@H]2O)C1. The number of nitrogens with zero attached hydrogens (tertiary/aromatic N) is 1. The van der Waals surface area contributed by atoms with E-state index in [0.717, 1.165) is 25.8 Å². The van der Waals surface area contributed by atoms with E-state index in [2.05, 4.69) is 12.2 Å².